The van der Waals surface area contributed by atoms with Crippen molar-refractivity contribution in [3.63, 3.8) is 0 Å². The van der Waals surface area contributed by atoms with E-state index in [1.54, 1.807) is 13.8 Å². The lowest BCUT2D eigenvalue weighted by atomic mass is 10.2. The first-order valence-corrected chi connectivity index (χ1v) is 8.27. The van der Waals surface area contributed by atoms with Crippen LogP contribution in [0, 0.1) is 5.92 Å². The van der Waals surface area contributed by atoms with Crippen LogP contribution in [0.2, 0.25) is 0 Å². The first-order chi connectivity index (χ1) is 9.18. The predicted octanol–water partition coefficient (Wildman–Crippen LogP) is 0.960. The zero-order valence-corrected chi connectivity index (χ0v) is 13.6. The number of hydrogen-bond acceptors (Lipinski definition) is 5. The number of amides is 1. The molecule has 0 aromatic heterocycles. The van der Waals surface area contributed by atoms with Crippen LogP contribution in [0.15, 0.2) is 12.3 Å². The van der Waals surface area contributed by atoms with Gasteiger partial charge >= 0.3 is 0 Å². The third-order valence-electron chi connectivity index (χ3n) is 2.59. The van der Waals surface area contributed by atoms with Gasteiger partial charge in [0.25, 0.3) is 0 Å². The van der Waals surface area contributed by atoms with Gasteiger partial charge in [-0.05, 0) is 13.3 Å². The molecule has 20 heavy (non-hydrogen) atoms. The summed E-state index contributed by atoms with van der Waals surface area (Å²) in [6, 6.07) is 0. The van der Waals surface area contributed by atoms with E-state index < -0.39 is 15.9 Å². The second kappa shape index (κ2) is 8.97. The van der Waals surface area contributed by atoms with E-state index >= 15 is 0 Å². The second-order valence-electron chi connectivity index (χ2n) is 4.95. The first-order valence-electron chi connectivity index (χ1n) is 6.66. The molecule has 0 rings (SSSR count). The minimum atomic E-state index is -3.54. The molecule has 0 unspecified atom stereocenters. The van der Waals surface area contributed by atoms with Crippen LogP contribution in [0.5, 0.6) is 0 Å². The number of sulfonamides is 1. The van der Waals surface area contributed by atoms with Crippen LogP contribution in [0.1, 0.15) is 27.2 Å². The quantitative estimate of drug-likeness (QED) is 0.608. The van der Waals surface area contributed by atoms with Crippen LogP contribution >= 0.6 is 0 Å². The normalized spacial score (nSPS) is 11.4. The molecule has 0 fully saturated rings. The van der Waals surface area contributed by atoms with Crippen molar-refractivity contribution >= 4 is 15.9 Å². The predicted molar refractivity (Wildman–Crippen MR) is 79.6 cm³/mol. The molecule has 1 amide bonds. The highest BCUT2D eigenvalue weighted by atomic mass is 32.2. The SMILES string of the molecule is C=C(C)NCCOCCCS(=O)(=O)N(C)C(=O)C(C)C. The Morgan fingerprint density at radius 1 is 1.35 bits per heavy atom. The van der Waals surface area contributed by atoms with Gasteiger partial charge < -0.3 is 10.1 Å². The Balaban J connectivity index is 3.94. The van der Waals surface area contributed by atoms with E-state index in [9.17, 15) is 13.2 Å². The average Bonchev–Trinajstić information content (AvgIpc) is 2.35. The lowest BCUT2D eigenvalue weighted by molar-refractivity contribution is -0.128. The van der Waals surface area contributed by atoms with E-state index in [4.69, 9.17) is 4.74 Å². The van der Waals surface area contributed by atoms with E-state index in [1.165, 1.54) is 7.05 Å². The third kappa shape index (κ3) is 7.49. The maximum absolute atomic E-state index is 11.9. The van der Waals surface area contributed by atoms with E-state index in [0.717, 1.165) is 10.0 Å². The van der Waals surface area contributed by atoms with Crippen molar-refractivity contribution in [1.82, 2.24) is 9.62 Å². The fourth-order valence-electron chi connectivity index (χ4n) is 1.42. The monoisotopic (exact) mass is 306 g/mol. The Bertz CT molecular complexity index is 418. The summed E-state index contributed by atoms with van der Waals surface area (Å²) >= 11 is 0. The molecule has 0 spiro atoms. The molecule has 6 nitrogen and oxygen atoms in total. The van der Waals surface area contributed by atoms with Gasteiger partial charge in [0.2, 0.25) is 15.9 Å². The molecular weight excluding hydrogens is 280 g/mol. The van der Waals surface area contributed by atoms with Gasteiger partial charge in [-0.2, -0.15) is 0 Å². The molecule has 0 atom stereocenters. The van der Waals surface area contributed by atoms with Crippen molar-refractivity contribution in [2.24, 2.45) is 5.92 Å². The highest BCUT2D eigenvalue weighted by Crippen LogP contribution is 2.06. The van der Waals surface area contributed by atoms with Gasteiger partial charge in [-0.25, -0.2) is 12.7 Å². The molecule has 0 aromatic carbocycles. The molecule has 0 aliphatic heterocycles. The Labute approximate surface area is 122 Å². The van der Waals surface area contributed by atoms with Gasteiger partial charge in [-0.3, -0.25) is 4.79 Å². The largest absolute Gasteiger partial charge is 0.387 e. The standard InChI is InChI=1S/C13H26N2O4S/c1-11(2)13(16)15(5)20(17,18)10-6-8-19-9-7-14-12(3)4/h11,14H,3,6-10H2,1-2,4-5H3. The zero-order chi connectivity index (χ0) is 15.8. The topological polar surface area (TPSA) is 75.7 Å². The summed E-state index contributed by atoms with van der Waals surface area (Å²) < 4.78 is 29.9. The smallest absolute Gasteiger partial charge is 0.238 e. The summed E-state index contributed by atoms with van der Waals surface area (Å²) in [4.78, 5) is 11.6. The molecule has 1 N–H and O–H groups in total. The Morgan fingerprint density at radius 3 is 2.45 bits per heavy atom. The number of hydrogen-bond donors (Lipinski definition) is 1. The lowest BCUT2D eigenvalue weighted by Gasteiger charge is -2.19. The summed E-state index contributed by atoms with van der Waals surface area (Å²) in [5.74, 6) is -0.814. The third-order valence-corrected chi connectivity index (χ3v) is 4.40. The molecule has 7 heteroatoms. The van der Waals surface area contributed by atoms with Crippen molar-refractivity contribution in [1.29, 1.82) is 0 Å². The van der Waals surface area contributed by atoms with E-state index in [2.05, 4.69) is 11.9 Å². The van der Waals surface area contributed by atoms with Crippen molar-refractivity contribution in [3.8, 4) is 0 Å². The van der Waals surface area contributed by atoms with E-state index in [0.29, 0.717) is 26.2 Å². The van der Waals surface area contributed by atoms with Crippen LogP contribution in [-0.2, 0) is 19.6 Å². The van der Waals surface area contributed by atoms with Gasteiger partial charge in [0, 0.05) is 31.8 Å². The molecule has 0 bridgehead atoms. The lowest BCUT2D eigenvalue weighted by Crippen LogP contribution is -2.37. The molecule has 0 aromatic rings. The van der Waals surface area contributed by atoms with Crippen molar-refractivity contribution in [2.75, 3.05) is 32.6 Å². The number of nitrogens with one attached hydrogen (secondary N) is 1. The first kappa shape index (κ1) is 18.9. The van der Waals surface area contributed by atoms with Crippen molar-refractivity contribution in [3.05, 3.63) is 12.3 Å². The van der Waals surface area contributed by atoms with Crippen LogP contribution in [0.25, 0.3) is 0 Å². The van der Waals surface area contributed by atoms with Crippen LogP contribution < -0.4 is 5.32 Å². The summed E-state index contributed by atoms with van der Waals surface area (Å²) in [5, 5.41) is 3.01. The maximum Gasteiger partial charge on any atom is 0.238 e. The molecule has 0 radical (unpaired) electrons. The summed E-state index contributed by atoms with van der Waals surface area (Å²) in [7, 11) is -2.24. The second-order valence-corrected chi connectivity index (χ2v) is 7.07. The Kier molecular flexibility index (Phi) is 8.48. The molecule has 0 saturated heterocycles. The van der Waals surface area contributed by atoms with Crippen molar-refractivity contribution < 1.29 is 17.9 Å². The minimum absolute atomic E-state index is 0.0874. The van der Waals surface area contributed by atoms with Crippen LogP contribution in [-0.4, -0.2) is 51.2 Å². The van der Waals surface area contributed by atoms with E-state index in [-0.39, 0.29) is 11.7 Å². The summed E-state index contributed by atoms with van der Waals surface area (Å²) in [6.07, 6.45) is 0.366. The summed E-state index contributed by atoms with van der Waals surface area (Å²) in [5.41, 5.74) is 0.866. The van der Waals surface area contributed by atoms with Gasteiger partial charge in [-0.1, -0.05) is 20.4 Å². The fraction of sp³-hybridized carbons (Fsp3) is 0.769. The van der Waals surface area contributed by atoms with Gasteiger partial charge in [0.15, 0.2) is 0 Å². The maximum atomic E-state index is 11.9. The summed E-state index contributed by atoms with van der Waals surface area (Å²) in [6.45, 7) is 10.4. The van der Waals surface area contributed by atoms with E-state index in [1.807, 2.05) is 6.92 Å². The van der Waals surface area contributed by atoms with Gasteiger partial charge in [0.05, 0.1) is 12.4 Å². The molecular formula is C13H26N2O4S. The zero-order valence-electron chi connectivity index (χ0n) is 12.8. The fourth-order valence-corrected chi connectivity index (χ4v) is 2.66. The van der Waals surface area contributed by atoms with Gasteiger partial charge in [-0.15, -0.1) is 0 Å². The number of ether oxygens (including phenoxy) is 1. The average molecular weight is 306 g/mol. The molecule has 0 aliphatic rings. The van der Waals surface area contributed by atoms with Crippen LogP contribution in [0.4, 0.5) is 0 Å². The molecule has 0 heterocycles. The minimum Gasteiger partial charge on any atom is -0.387 e. The number of allylic oxidation sites excluding steroid dienone is 1. The van der Waals surface area contributed by atoms with Crippen LogP contribution in [0.3, 0.4) is 0 Å². The molecule has 118 valence electrons. The van der Waals surface area contributed by atoms with Crippen molar-refractivity contribution in [2.45, 2.75) is 27.2 Å². The van der Waals surface area contributed by atoms with Gasteiger partial charge in [0.1, 0.15) is 0 Å². The Morgan fingerprint density at radius 2 is 1.95 bits per heavy atom. The Hall–Kier alpha value is -1.08. The number of carbonyl (C=O) groups excluding carboxylic acids is 1. The highest BCUT2D eigenvalue weighted by Gasteiger charge is 2.24. The highest BCUT2D eigenvalue weighted by molar-refractivity contribution is 7.89. The molecule has 0 aliphatic carbocycles. The number of nitrogens with zero attached hydrogens (tertiary/aromatic N) is 1. The molecule has 0 saturated carbocycles. The number of rotatable bonds is 10. The number of carbonyl (C=O) groups is 1.